The van der Waals surface area contributed by atoms with Gasteiger partial charge in [0, 0.05) is 0 Å². The van der Waals surface area contributed by atoms with Gasteiger partial charge >= 0.3 is 6.03 Å². The lowest BCUT2D eigenvalue weighted by Gasteiger charge is -2.22. The monoisotopic (exact) mass is 361 g/mol. The fraction of sp³-hybridized carbons (Fsp3) is 0.214. The van der Waals surface area contributed by atoms with Crippen LogP contribution in [0.2, 0.25) is 0 Å². The Bertz CT molecular complexity index is 825. The Kier molecular flexibility index (Phi) is 4.31. The van der Waals surface area contributed by atoms with E-state index in [1.165, 1.54) is 0 Å². The number of hydrogen-bond acceptors (Lipinski definition) is 7. The molecule has 2 heterocycles. The van der Waals surface area contributed by atoms with Crippen molar-refractivity contribution in [2.75, 3.05) is 11.5 Å². The number of anilines is 1. The molecule has 1 fully saturated rings. The molecule has 0 radical (unpaired) electrons. The smallest absolute Gasteiger partial charge is 0.344 e. The maximum absolute atomic E-state index is 12.6. The van der Waals surface area contributed by atoms with Gasteiger partial charge in [-0.2, -0.15) is 9.99 Å². The Morgan fingerprint density at radius 2 is 2.08 bits per heavy atom. The molecular formula is C14H15N7O3S. The maximum atomic E-state index is 12.6. The number of amides is 4. The Morgan fingerprint density at radius 3 is 2.72 bits per heavy atom. The van der Waals surface area contributed by atoms with Crippen LogP contribution in [0.3, 0.4) is 0 Å². The Hall–Kier alpha value is -3.08. The first-order chi connectivity index (χ1) is 11.9. The molecule has 4 amide bonds. The highest BCUT2D eigenvalue weighted by atomic mass is 32.2. The number of carbonyl (C=O) groups excluding carboxylic acids is 3. The number of rotatable bonds is 5. The average Bonchev–Trinajstić information content (AvgIpc) is 3.11. The molecule has 1 atom stereocenters. The van der Waals surface area contributed by atoms with Crippen molar-refractivity contribution >= 4 is 35.6 Å². The molecule has 1 aromatic carbocycles. The van der Waals surface area contributed by atoms with Gasteiger partial charge in [-0.3, -0.25) is 15.0 Å². The zero-order chi connectivity index (χ0) is 18.0. The van der Waals surface area contributed by atoms with Gasteiger partial charge in [-0.25, -0.2) is 9.89 Å². The lowest BCUT2D eigenvalue weighted by atomic mass is 9.92. The fourth-order valence-corrected chi connectivity index (χ4v) is 2.92. The van der Waals surface area contributed by atoms with Crippen molar-refractivity contribution in [3.8, 4) is 0 Å². The van der Waals surface area contributed by atoms with Crippen molar-refractivity contribution in [1.82, 2.24) is 30.9 Å². The molecule has 130 valence electrons. The van der Waals surface area contributed by atoms with Gasteiger partial charge in [0.15, 0.2) is 0 Å². The van der Waals surface area contributed by atoms with E-state index in [1.54, 1.807) is 37.3 Å². The summed E-state index contributed by atoms with van der Waals surface area (Å²) in [5.74, 6) is -1.06. The number of hydrazine groups is 1. The number of aromatic nitrogens is 3. The highest BCUT2D eigenvalue weighted by Crippen LogP contribution is 2.27. The van der Waals surface area contributed by atoms with Gasteiger partial charge in [-0.05, 0) is 12.5 Å². The van der Waals surface area contributed by atoms with Gasteiger partial charge in [0.1, 0.15) is 5.54 Å². The average molecular weight is 361 g/mol. The maximum Gasteiger partial charge on any atom is 0.344 e. The summed E-state index contributed by atoms with van der Waals surface area (Å²) in [6.45, 7) is 1.58. The minimum Gasteiger partial charge on any atom is -0.368 e. The number of nitrogens with zero attached hydrogens (tertiary/aromatic N) is 3. The van der Waals surface area contributed by atoms with Crippen LogP contribution in [0, 0.1) is 0 Å². The minimum absolute atomic E-state index is 0.0869. The SMILES string of the molecule is C[C@]1(c2ccccc2)NC(=O)N(NC(=O)CSc2n[nH]c(N)n2)C1=O. The van der Waals surface area contributed by atoms with E-state index >= 15 is 0 Å². The summed E-state index contributed by atoms with van der Waals surface area (Å²) < 4.78 is 0. The number of nitrogen functional groups attached to an aromatic ring is 1. The topological polar surface area (TPSA) is 146 Å². The summed E-state index contributed by atoms with van der Waals surface area (Å²) in [5.41, 5.74) is 7.07. The zero-order valence-electron chi connectivity index (χ0n) is 13.1. The standard InChI is InChI=1S/C14H15N7O3S/c1-14(8-5-3-2-4-6-8)10(23)21(13(24)17-14)20-9(22)7-25-12-16-11(15)18-19-12/h2-6H,7H2,1H3,(H,17,24)(H,20,22)(H3,15,16,18,19)/t14-/m1/s1. The summed E-state index contributed by atoms with van der Waals surface area (Å²) in [5, 5.41) is 9.79. The van der Waals surface area contributed by atoms with Crippen LogP contribution < -0.4 is 16.5 Å². The zero-order valence-corrected chi connectivity index (χ0v) is 14.0. The number of imide groups is 1. The van der Waals surface area contributed by atoms with Crippen molar-refractivity contribution in [2.45, 2.75) is 17.6 Å². The van der Waals surface area contributed by atoms with Gasteiger partial charge in [-0.15, -0.1) is 5.10 Å². The highest BCUT2D eigenvalue weighted by Gasteiger charge is 2.49. The predicted octanol–water partition coefficient (Wildman–Crippen LogP) is -0.0226. The van der Waals surface area contributed by atoms with E-state index in [9.17, 15) is 14.4 Å². The highest BCUT2D eigenvalue weighted by molar-refractivity contribution is 7.99. The van der Waals surface area contributed by atoms with Crippen LogP contribution in [0.25, 0.3) is 0 Å². The summed E-state index contributed by atoms with van der Waals surface area (Å²) in [6.07, 6.45) is 0. The molecule has 25 heavy (non-hydrogen) atoms. The second kappa shape index (κ2) is 6.43. The molecule has 1 saturated heterocycles. The lowest BCUT2D eigenvalue weighted by Crippen LogP contribution is -2.48. The summed E-state index contributed by atoms with van der Waals surface area (Å²) in [7, 11) is 0. The van der Waals surface area contributed by atoms with Gasteiger partial charge < -0.3 is 11.1 Å². The van der Waals surface area contributed by atoms with Crippen molar-refractivity contribution in [3.63, 3.8) is 0 Å². The number of nitrogens with one attached hydrogen (secondary N) is 3. The molecule has 0 spiro atoms. The summed E-state index contributed by atoms with van der Waals surface area (Å²) >= 11 is 1.02. The van der Waals surface area contributed by atoms with E-state index in [-0.39, 0.29) is 11.7 Å². The molecule has 1 aliphatic heterocycles. The number of nitrogens with two attached hydrogens (primary N) is 1. The van der Waals surface area contributed by atoms with Crippen LogP contribution in [0.15, 0.2) is 35.5 Å². The van der Waals surface area contributed by atoms with Crippen molar-refractivity contribution < 1.29 is 14.4 Å². The van der Waals surface area contributed by atoms with E-state index in [4.69, 9.17) is 5.73 Å². The molecule has 0 aliphatic carbocycles. The first kappa shape index (κ1) is 16.8. The van der Waals surface area contributed by atoms with E-state index in [0.29, 0.717) is 15.7 Å². The van der Waals surface area contributed by atoms with Crippen LogP contribution in [-0.2, 0) is 15.1 Å². The molecule has 10 nitrogen and oxygen atoms in total. The molecule has 1 aromatic heterocycles. The quantitative estimate of drug-likeness (QED) is 0.432. The second-order valence-corrected chi connectivity index (χ2v) is 6.33. The minimum atomic E-state index is -1.24. The Labute approximate surface area is 146 Å². The van der Waals surface area contributed by atoms with Gasteiger partial charge in [0.25, 0.3) is 5.91 Å². The third-order valence-corrected chi connectivity index (χ3v) is 4.44. The van der Waals surface area contributed by atoms with Crippen LogP contribution >= 0.6 is 11.8 Å². The summed E-state index contributed by atoms with van der Waals surface area (Å²) in [6, 6.07) is 8.10. The van der Waals surface area contributed by atoms with E-state index in [1.807, 2.05) is 0 Å². The number of carbonyl (C=O) groups is 3. The fourth-order valence-electron chi connectivity index (χ4n) is 2.32. The number of urea groups is 1. The molecule has 3 rings (SSSR count). The van der Waals surface area contributed by atoms with E-state index < -0.39 is 23.4 Å². The van der Waals surface area contributed by atoms with Gasteiger partial charge in [-0.1, -0.05) is 42.1 Å². The molecular weight excluding hydrogens is 346 g/mol. The molecule has 0 bridgehead atoms. The predicted molar refractivity (Wildman–Crippen MR) is 88.8 cm³/mol. The third kappa shape index (κ3) is 3.26. The van der Waals surface area contributed by atoms with E-state index in [0.717, 1.165) is 11.8 Å². The van der Waals surface area contributed by atoms with Gasteiger partial charge in [0.05, 0.1) is 5.75 Å². The summed E-state index contributed by atoms with van der Waals surface area (Å²) in [4.78, 5) is 40.6. The molecule has 0 unspecified atom stereocenters. The van der Waals surface area contributed by atoms with Gasteiger partial charge in [0.2, 0.25) is 17.0 Å². The van der Waals surface area contributed by atoms with Crippen LogP contribution in [0.1, 0.15) is 12.5 Å². The van der Waals surface area contributed by atoms with Crippen molar-refractivity contribution in [2.24, 2.45) is 0 Å². The number of H-pyrrole nitrogens is 1. The molecule has 11 heteroatoms. The van der Waals surface area contributed by atoms with Crippen molar-refractivity contribution in [3.05, 3.63) is 35.9 Å². The first-order valence-electron chi connectivity index (χ1n) is 7.22. The Morgan fingerprint density at radius 1 is 1.36 bits per heavy atom. The first-order valence-corrected chi connectivity index (χ1v) is 8.21. The molecule has 1 aliphatic rings. The van der Waals surface area contributed by atoms with Crippen LogP contribution in [0.5, 0.6) is 0 Å². The van der Waals surface area contributed by atoms with Crippen molar-refractivity contribution in [1.29, 1.82) is 0 Å². The molecule has 0 saturated carbocycles. The number of benzene rings is 1. The number of aromatic amines is 1. The normalized spacial score (nSPS) is 19.8. The largest absolute Gasteiger partial charge is 0.368 e. The second-order valence-electron chi connectivity index (χ2n) is 5.39. The van der Waals surface area contributed by atoms with Crippen LogP contribution in [0.4, 0.5) is 10.7 Å². The number of thioether (sulfide) groups is 1. The molecule has 2 aromatic rings. The number of hydrogen-bond donors (Lipinski definition) is 4. The van der Waals surface area contributed by atoms with Crippen LogP contribution in [-0.4, -0.2) is 43.8 Å². The third-order valence-electron chi connectivity index (χ3n) is 3.59. The van der Waals surface area contributed by atoms with E-state index in [2.05, 4.69) is 25.9 Å². The lowest BCUT2D eigenvalue weighted by molar-refractivity contribution is -0.138. The molecule has 5 N–H and O–H groups in total. The Balaban J connectivity index is 1.65.